The van der Waals surface area contributed by atoms with Gasteiger partial charge in [-0.2, -0.15) is 0 Å². The lowest BCUT2D eigenvalue weighted by Gasteiger charge is -2.19. The van der Waals surface area contributed by atoms with E-state index in [0.29, 0.717) is 10.2 Å². The van der Waals surface area contributed by atoms with E-state index in [0.717, 1.165) is 43.6 Å². The minimum atomic E-state index is -0.857. The Morgan fingerprint density at radius 1 is 1.17 bits per heavy atom. The molecule has 0 aliphatic carbocycles. The first kappa shape index (κ1) is 23.2. The maximum Gasteiger partial charge on any atom is 0.318 e. The van der Waals surface area contributed by atoms with Crippen molar-refractivity contribution < 1.29 is 9.59 Å². The number of rotatable bonds is 10. The second-order valence-corrected chi connectivity index (χ2v) is 8.71. The number of imide groups is 1. The highest BCUT2D eigenvalue weighted by atomic mass is 35.5. The molecule has 0 aliphatic rings. The van der Waals surface area contributed by atoms with Crippen molar-refractivity contribution >= 4 is 35.3 Å². The van der Waals surface area contributed by atoms with Gasteiger partial charge in [-0.3, -0.25) is 10.1 Å². The quantitative estimate of drug-likeness (QED) is 0.421. The summed E-state index contributed by atoms with van der Waals surface area (Å²) in [7, 11) is 0. The number of aromatic nitrogens is 3. The van der Waals surface area contributed by atoms with Crippen molar-refractivity contribution in [2.45, 2.75) is 63.4 Å². The van der Waals surface area contributed by atoms with Crippen LogP contribution in [0, 0.1) is 5.92 Å². The number of urea groups is 1. The molecule has 3 amide bonds. The van der Waals surface area contributed by atoms with Gasteiger partial charge in [0, 0.05) is 17.1 Å². The minimum absolute atomic E-state index is 0.0245. The van der Waals surface area contributed by atoms with Gasteiger partial charge in [-0.05, 0) is 36.6 Å². The van der Waals surface area contributed by atoms with E-state index in [2.05, 4.69) is 22.4 Å². The highest BCUT2D eigenvalue weighted by molar-refractivity contribution is 8.00. The molecule has 0 saturated heterocycles. The van der Waals surface area contributed by atoms with Gasteiger partial charge < -0.3 is 10.3 Å². The van der Waals surface area contributed by atoms with Crippen molar-refractivity contribution in [3.05, 3.63) is 29.3 Å². The largest absolute Gasteiger partial charge is 0.351 e. The smallest absolute Gasteiger partial charge is 0.318 e. The van der Waals surface area contributed by atoms with Gasteiger partial charge in [-0.1, -0.05) is 63.4 Å². The average Bonchev–Trinajstić information content (AvgIpc) is 3.05. The molecule has 1 atom stereocenters. The molecular formula is C20H28ClN5O2S. The number of benzene rings is 1. The number of halogens is 1. The first-order chi connectivity index (χ1) is 13.8. The van der Waals surface area contributed by atoms with Gasteiger partial charge in [0.15, 0.2) is 11.0 Å². The van der Waals surface area contributed by atoms with Crippen molar-refractivity contribution in [3.8, 4) is 11.4 Å². The number of nitrogens with one attached hydrogen (secondary N) is 1. The fraction of sp³-hybridized carbons (Fsp3) is 0.500. The van der Waals surface area contributed by atoms with Crippen LogP contribution < -0.4 is 11.1 Å². The zero-order valence-electron chi connectivity index (χ0n) is 17.0. The van der Waals surface area contributed by atoms with Crippen LogP contribution in [0.2, 0.25) is 5.02 Å². The van der Waals surface area contributed by atoms with Crippen LogP contribution in [0.5, 0.6) is 0 Å². The van der Waals surface area contributed by atoms with Crippen molar-refractivity contribution in [1.29, 1.82) is 0 Å². The Morgan fingerprint density at radius 2 is 1.86 bits per heavy atom. The molecule has 9 heteroatoms. The van der Waals surface area contributed by atoms with Gasteiger partial charge in [0.05, 0.1) is 5.25 Å². The number of amides is 3. The van der Waals surface area contributed by atoms with Crippen molar-refractivity contribution in [3.63, 3.8) is 0 Å². The first-order valence-corrected chi connectivity index (χ1v) is 11.0. The second kappa shape index (κ2) is 11.2. The average molecular weight is 438 g/mol. The number of hydrogen-bond acceptors (Lipinski definition) is 5. The van der Waals surface area contributed by atoms with Crippen LogP contribution in [-0.4, -0.2) is 32.0 Å². The summed E-state index contributed by atoms with van der Waals surface area (Å²) in [5.74, 6) is 0.285. The van der Waals surface area contributed by atoms with Crippen LogP contribution in [0.4, 0.5) is 4.79 Å². The highest BCUT2D eigenvalue weighted by Gasteiger charge is 2.27. The lowest BCUT2D eigenvalue weighted by atomic mass is 10.1. The van der Waals surface area contributed by atoms with Crippen molar-refractivity contribution in [2.75, 3.05) is 0 Å². The van der Waals surface area contributed by atoms with Crippen LogP contribution in [0.3, 0.4) is 0 Å². The first-order valence-electron chi connectivity index (χ1n) is 9.79. The van der Waals surface area contributed by atoms with E-state index in [-0.39, 0.29) is 5.92 Å². The number of carbonyl (C=O) groups is 2. The van der Waals surface area contributed by atoms with E-state index < -0.39 is 17.2 Å². The third-order valence-electron chi connectivity index (χ3n) is 4.40. The summed E-state index contributed by atoms with van der Waals surface area (Å²) < 4.78 is 2.04. The summed E-state index contributed by atoms with van der Waals surface area (Å²) >= 11 is 7.31. The number of primary amides is 1. The SMILES string of the molecule is CCCCCCn1c(S[C@@H](C(=O)NC(N)=O)C(C)C)nnc1-c1ccc(Cl)cc1. The zero-order chi connectivity index (χ0) is 21.4. The highest BCUT2D eigenvalue weighted by Crippen LogP contribution is 2.31. The number of hydrogen-bond donors (Lipinski definition) is 2. The summed E-state index contributed by atoms with van der Waals surface area (Å²) in [6.45, 7) is 6.75. The molecule has 1 aromatic heterocycles. The van der Waals surface area contributed by atoms with Gasteiger partial charge in [-0.25, -0.2) is 4.79 Å². The molecule has 7 nitrogen and oxygen atoms in total. The number of carbonyl (C=O) groups excluding carboxylic acids is 2. The molecule has 2 rings (SSSR count). The molecule has 0 radical (unpaired) electrons. The normalized spacial score (nSPS) is 12.2. The standard InChI is InChI=1S/C20H28ClN5O2S/c1-4-5-6-7-12-26-17(14-8-10-15(21)11-9-14)24-25-20(26)29-16(13(2)3)18(27)23-19(22)28/h8-11,13,16H,4-7,12H2,1-3H3,(H3,22,23,27,28)/t16-/m1/s1. The Hall–Kier alpha value is -2.06. The molecule has 0 bridgehead atoms. The van der Waals surface area contributed by atoms with Crippen molar-refractivity contribution in [2.24, 2.45) is 11.7 Å². The molecule has 1 heterocycles. The molecule has 0 saturated carbocycles. The molecule has 0 spiro atoms. The van der Waals surface area contributed by atoms with Crippen molar-refractivity contribution in [1.82, 2.24) is 20.1 Å². The van der Waals surface area contributed by atoms with Gasteiger partial charge in [0.25, 0.3) is 0 Å². The van der Waals surface area contributed by atoms with Crippen LogP contribution in [0.15, 0.2) is 29.4 Å². The number of nitrogens with zero attached hydrogens (tertiary/aromatic N) is 3. The van der Waals surface area contributed by atoms with E-state index in [4.69, 9.17) is 17.3 Å². The third-order valence-corrected chi connectivity index (χ3v) is 6.17. The minimum Gasteiger partial charge on any atom is -0.351 e. The topological polar surface area (TPSA) is 103 Å². The molecule has 0 unspecified atom stereocenters. The predicted octanol–water partition coefficient (Wildman–Crippen LogP) is 4.49. The third kappa shape index (κ3) is 6.75. The molecule has 1 aromatic carbocycles. The summed E-state index contributed by atoms with van der Waals surface area (Å²) in [4.78, 5) is 23.5. The van der Waals surface area contributed by atoms with Gasteiger partial charge >= 0.3 is 6.03 Å². The summed E-state index contributed by atoms with van der Waals surface area (Å²) in [6.07, 6.45) is 4.40. The lowest BCUT2D eigenvalue weighted by Crippen LogP contribution is -2.42. The lowest BCUT2D eigenvalue weighted by molar-refractivity contribution is -0.120. The van der Waals surface area contributed by atoms with E-state index in [1.165, 1.54) is 11.8 Å². The van der Waals surface area contributed by atoms with Gasteiger partial charge in [0.1, 0.15) is 0 Å². The van der Waals surface area contributed by atoms with Gasteiger partial charge in [0.2, 0.25) is 5.91 Å². The molecule has 2 aromatic rings. The Kier molecular flexibility index (Phi) is 8.98. The second-order valence-electron chi connectivity index (χ2n) is 7.16. The maximum absolute atomic E-state index is 12.4. The zero-order valence-corrected chi connectivity index (χ0v) is 18.6. The number of unbranched alkanes of at least 4 members (excludes halogenated alkanes) is 3. The fourth-order valence-corrected chi connectivity index (χ4v) is 4.07. The van der Waals surface area contributed by atoms with E-state index in [9.17, 15) is 9.59 Å². The van der Waals surface area contributed by atoms with Crippen LogP contribution >= 0.6 is 23.4 Å². The summed E-state index contributed by atoms with van der Waals surface area (Å²) in [5, 5.41) is 11.7. The Balaban J connectivity index is 2.32. The number of thioether (sulfide) groups is 1. The van der Waals surface area contributed by atoms with E-state index in [1.54, 1.807) is 0 Å². The maximum atomic E-state index is 12.4. The fourth-order valence-electron chi connectivity index (χ4n) is 2.89. The Morgan fingerprint density at radius 3 is 2.45 bits per heavy atom. The monoisotopic (exact) mass is 437 g/mol. The Labute approximate surface area is 180 Å². The van der Waals surface area contributed by atoms with Crippen LogP contribution in [-0.2, 0) is 11.3 Å². The molecule has 0 aliphatic heterocycles. The molecule has 158 valence electrons. The van der Waals surface area contributed by atoms with Crippen LogP contribution in [0.1, 0.15) is 46.5 Å². The molecule has 29 heavy (non-hydrogen) atoms. The van der Waals surface area contributed by atoms with E-state index in [1.807, 2.05) is 42.7 Å². The molecule has 0 fully saturated rings. The summed E-state index contributed by atoms with van der Waals surface area (Å²) in [5.41, 5.74) is 6.03. The predicted molar refractivity (Wildman–Crippen MR) is 117 cm³/mol. The van der Waals surface area contributed by atoms with E-state index >= 15 is 0 Å². The van der Waals surface area contributed by atoms with Gasteiger partial charge in [-0.15, -0.1) is 10.2 Å². The van der Waals surface area contributed by atoms with Crippen LogP contribution in [0.25, 0.3) is 11.4 Å². The molecular weight excluding hydrogens is 410 g/mol. The number of nitrogens with two attached hydrogens (primary N) is 1. The summed E-state index contributed by atoms with van der Waals surface area (Å²) in [6, 6.07) is 6.59. The molecule has 3 N–H and O–H groups in total. The Bertz CT molecular complexity index is 823.